The molecule has 88 valence electrons. The Balaban J connectivity index is 2.22. The van der Waals surface area contributed by atoms with E-state index >= 15 is 0 Å². The van der Waals surface area contributed by atoms with Crippen molar-refractivity contribution in [1.82, 2.24) is 5.32 Å². The highest BCUT2D eigenvalue weighted by Crippen LogP contribution is 2.39. The van der Waals surface area contributed by atoms with Crippen LogP contribution < -0.4 is 5.32 Å². The Morgan fingerprint density at radius 1 is 1.19 bits per heavy atom. The molecule has 1 aliphatic carbocycles. The lowest BCUT2D eigenvalue weighted by molar-refractivity contribution is 0.299. The summed E-state index contributed by atoms with van der Waals surface area (Å²) in [5.41, 5.74) is 1.74. The van der Waals surface area contributed by atoms with E-state index in [-0.39, 0.29) is 5.54 Å². The van der Waals surface area contributed by atoms with E-state index in [0.29, 0.717) is 6.04 Å². The third-order valence-electron chi connectivity index (χ3n) is 3.92. The van der Waals surface area contributed by atoms with E-state index < -0.39 is 0 Å². The summed E-state index contributed by atoms with van der Waals surface area (Å²) in [6, 6.07) is 11.6. The molecule has 1 nitrogen and oxygen atoms in total. The zero-order valence-corrected chi connectivity index (χ0v) is 10.5. The summed E-state index contributed by atoms with van der Waals surface area (Å²) in [5, 5.41) is 3.86. The molecule has 0 bridgehead atoms. The van der Waals surface area contributed by atoms with Crippen molar-refractivity contribution in [3.63, 3.8) is 0 Å². The Labute approximate surface area is 99.3 Å². The normalized spacial score (nSPS) is 20.9. The lowest BCUT2D eigenvalue weighted by Gasteiger charge is -2.34. The summed E-state index contributed by atoms with van der Waals surface area (Å²) in [6.07, 6.45) is 6.51. The van der Waals surface area contributed by atoms with Gasteiger partial charge in [0.2, 0.25) is 0 Å². The smallest absolute Gasteiger partial charge is 0.0436 e. The molecule has 1 aromatic rings. The largest absolute Gasteiger partial charge is 0.305 e. The second kappa shape index (κ2) is 5.01. The fourth-order valence-corrected chi connectivity index (χ4v) is 2.83. The quantitative estimate of drug-likeness (QED) is 0.808. The Kier molecular flexibility index (Phi) is 3.65. The summed E-state index contributed by atoms with van der Waals surface area (Å²) >= 11 is 0. The third kappa shape index (κ3) is 2.30. The van der Waals surface area contributed by atoms with Crippen LogP contribution in [0.3, 0.4) is 0 Å². The van der Waals surface area contributed by atoms with Gasteiger partial charge >= 0.3 is 0 Å². The predicted octanol–water partition coefficient (Wildman–Crippen LogP) is 3.84. The first-order valence-corrected chi connectivity index (χ1v) is 6.60. The fraction of sp³-hybridized carbons (Fsp3) is 0.600. The molecule has 0 radical (unpaired) electrons. The van der Waals surface area contributed by atoms with Gasteiger partial charge in [0.15, 0.2) is 0 Å². The molecule has 2 rings (SSSR count). The van der Waals surface area contributed by atoms with Gasteiger partial charge in [-0.3, -0.25) is 0 Å². The molecule has 0 spiro atoms. The molecule has 1 atom stereocenters. The monoisotopic (exact) mass is 217 g/mol. The SMILES string of the molecule is CCC(C)NC1(c2ccccc2)CCCC1. The topological polar surface area (TPSA) is 12.0 Å². The van der Waals surface area contributed by atoms with E-state index in [1.807, 2.05) is 0 Å². The van der Waals surface area contributed by atoms with Crippen molar-refractivity contribution in [2.24, 2.45) is 0 Å². The molecule has 16 heavy (non-hydrogen) atoms. The molecular weight excluding hydrogens is 194 g/mol. The van der Waals surface area contributed by atoms with Gasteiger partial charge in [0.1, 0.15) is 0 Å². The van der Waals surface area contributed by atoms with E-state index in [1.54, 1.807) is 0 Å². The summed E-state index contributed by atoms with van der Waals surface area (Å²) in [5.74, 6) is 0. The predicted molar refractivity (Wildman–Crippen MR) is 69.5 cm³/mol. The third-order valence-corrected chi connectivity index (χ3v) is 3.92. The van der Waals surface area contributed by atoms with Gasteiger partial charge < -0.3 is 5.32 Å². The highest BCUT2D eigenvalue weighted by molar-refractivity contribution is 5.25. The van der Waals surface area contributed by atoms with Crippen LogP contribution in [0.25, 0.3) is 0 Å². The van der Waals surface area contributed by atoms with Crippen molar-refractivity contribution < 1.29 is 0 Å². The second-order valence-electron chi connectivity index (χ2n) is 5.11. The highest BCUT2D eigenvalue weighted by atomic mass is 15.0. The lowest BCUT2D eigenvalue weighted by Crippen LogP contribution is -2.44. The zero-order chi connectivity index (χ0) is 11.4. The van der Waals surface area contributed by atoms with Gasteiger partial charge in [-0.25, -0.2) is 0 Å². The molecule has 1 aromatic carbocycles. The molecular formula is C15H23N. The van der Waals surface area contributed by atoms with E-state index in [2.05, 4.69) is 49.5 Å². The number of rotatable bonds is 4. The maximum Gasteiger partial charge on any atom is 0.0436 e. The molecule has 1 unspecified atom stereocenters. The average molecular weight is 217 g/mol. The summed E-state index contributed by atoms with van der Waals surface area (Å²) in [6.45, 7) is 4.55. The minimum atomic E-state index is 0.261. The van der Waals surface area contributed by atoms with E-state index in [0.717, 1.165) is 0 Å². The maximum atomic E-state index is 3.86. The average Bonchev–Trinajstić information content (AvgIpc) is 2.80. The Bertz CT molecular complexity index is 311. The highest BCUT2D eigenvalue weighted by Gasteiger charge is 2.35. The first-order valence-electron chi connectivity index (χ1n) is 6.60. The number of hydrogen-bond acceptors (Lipinski definition) is 1. The standard InChI is InChI=1S/C15H23N/c1-3-13(2)16-15(11-7-8-12-15)14-9-5-4-6-10-14/h4-6,9-10,13,16H,3,7-8,11-12H2,1-2H3. The molecule has 1 heteroatoms. The van der Waals surface area contributed by atoms with Crippen LogP contribution in [0.4, 0.5) is 0 Å². The van der Waals surface area contributed by atoms with Gasteiger partial charge in [0.05, 0.1) is 0 Å². The van der Waals surface area contributed by atoms with Gasteiger partial charge in [-0.1, -0.05) is 50.1 Å². The van der Waals surface area contributed by atoms with Crippen LogP contribution in [0.2, 0.25) is 0 Å². The molecule has 0 aromatic heterocycles. The fourth-order valence-electron chi connectivity index (χ4n) is 2.83. The van der Waals surface area contributed by atoms with Gasteiger partial charge in [-0.15, -0.1) is 0 Å². The van der Waals surface area contributed by atoms with Crippen molar-refractivity contribution >= 4 is 0 Å². The molecule has 0 saturated heterocycles. The van der Waals surface area contributed by atoms with Gasteiger partial charge in [0, 0.05) is 11.6 Å². The van der Waals surface area contributed by atoms with Gasteiger partial charge in [-0.2, -0.15) is 0 Å². The number of benzene rings is 1. The molecule has 0 amide bonds. The first kappa shape index (κ1) is 11.7. The Hall–Kier alpha value is -0.820. The number of nitrogens with one attached hydrogen (secondary N) is 1. The Morgan fingerprint density at radius 3 is 2.38 bits per heavy atom. The van der Waals surface area contributed by atoms with Crippen LogP contribution in [-0.4, -0.2) is 6.04 Å². The van der Waals surface area contributed by atoms with Gasteiger partial charge in [-0.05, 0) is 31.7 Å². The molecule has 1 saturated carbocycles. The van der Waals surface area contributed by atoms with Crippen LogP contribution in [0, 0.1) is 0 Å². The molecule has 0 heterocycles. The molecule has 1 aliphatic rings. The first-order chi connectivity index (χ1) is 7.77. The lowest BCUT2D eigenvalue weighted by atomic mass is 9.87. The Morgan fingerprint density at radius 2 is 1.81 bits per heavy atom. The van der Waals surface area contributed by atoms with Crippen molar-refractivity contribution in [3.8, 4) is 0 Å². The van der Waals surface area contributed by atoms with Crippen LogP contribution in [0.1, 0.15) is 51.5 Å². The van der Waals surface area contributed by atoms with Crippen molar-refractivity contribution in [2.75, 3.05) is 0 Å². The second-order valence-corrected chi connectivity index (χ2v) is 5.11. The van der Waals surface area contributed by atoms with Crippen molar-refractivity contribution in [3.05, 3.63) is 35.9 Å². The summed E-state index contributed by atoms with van der Waals surface area (Å²) in [4.78, 5) is 0. The van der Waals surface area contributed by atoms with Crippen LogP contribution in [0.15, 0.2) is 30.3 Å². The minimum absolute atomic E-state index is 0.261. The minimum Gasteiger partial charge on any atom is -0.305 e. The summed E-state index contributed by atoms with van der Waals surface area (Å²) < 4.78 is 0. The molecule has 0 aliphatic heterocycles. The van der Waals surface area contributed by atoms with E-state index in [4.69, 9.17) is 0 Å². The van der Waals surface area contributed by atoms with Gasteiger partial charge in [0.25, 0.3) is 0 Å². The van der Waals surface area contributed by atoms with Crippen molar-refractivity contribution in [2.45, 2.75) is 57.5 Å². The maximum absolute atomic E-state index is 3.86. The number of hydrogen-bond donors (Lipinski definition) is 1. The van der Waals surface area contributed by atoms with E-state index in [9.17, 15) is 0 Å². The molecule has 1 N–H and O–H groups in total. The molecule has 1 fully saturated rings. The zero-order valence-electron chi connectivity index (χ0n) is 10.5. The van der Waals surface area contributed by atoms with Crippen LogP contribution >= 0.6 is 0 Å². The van der Waals surface area contributed by atoms with Crippen molar-refractivity contribution in [1.29, 1.82) is 0 Å². The van der Waals surface area contributed by atoms with Crippen LogP contribution in [0.5, 0.6) is 0 Å². The van der Waals surface area contributed by atoms with Crippen LogP contribution in [-0.2, 0) is 5.54 Å². The van der Waals surface area contributed by atoms with E-state index in [1.165, 1.54) is 37.7 Å². The summed E-state index contributed by atoms with van der Waals surface area (Å²) in [7, 11) is 0.